The lowest BCUT2D eigenvalue weighted by Gasteiger charge is -2.10. The lowest BCUT2D eigenvalue weighted by molar-refractivity contribution is 0.603. The minimum absolute atomic E-state index is 0.311. The van der Waals surface area contributed by atoms with Crippen LogP contribution in [0.5, 0.6) is 0 Å². The smallest absolute Gasteiger partial charge is 0.179 e. The third-order valence-corrected chi connectivity index (χ3v) is 2.83. The number of hydrogen-bond acceptors (Lipinski definition) is 4. The van der Waals surface area contributed by atoms with Crippen molar-refractivity contribution < 1.29 is 0 Å². The van der Waals surface area contributed by atoms with E-state index in [-0.39, 0.29) is 0 Å². The normalized spacial score (nSPS) is 11.0. The van der Waals surface area contributed by atoms with Crippen molar-refractivity contribution in [1.82, 2.24) is 19.5 Å². The van der Waals surface area contributed by atoms with Gasteiger partial charge < -0.3 is 10.3 Å². The molecule has 0 bridgehead atoms. The Bertz CT molecular complexity index is 506. The van der Waals surface area contributed by atoms with Crippen LogP contribution in [0.3, 0.4) is 0 Å². The molecule has 0 radical (unpaired) electrons. The SMILES string of the molecule is CC(C)n1cncc1-c1ncc(Br)c(N)n1. The van der Waals surface area contributed by atoms with Gasteiger partial charge in [-0.05, 0) is 29.8 Å². The molecule has 2 heterocycles. The third-order valence-electron chi connectivity index (χ3n) is 2.22. The number of nitrogens with zero attached hydrogens (tertiary/aromatic N) is 4. The molecule has 0 spiro atoms. The van der Waals surface area contributed by atoms with Gasteiger partial charge in [-0.2, -0.15) is 0 Å². The van der Waals surface area contributed by atoms with Gasteiger partial charge in [-0.25, -0.2) is 15.0 Å². The molecule has 6 heteroatoms. The molecule has 0 aliphatic carbocycles. The summed E-state index contributed by atoms with van der Waals surface area (Å²) in [6.45, 7) is 4.15. The van der Waals surface area contributed by atoms with E-state index in [1.54, 1.807) is 18.7 Å². The fraction of sp³-hybridized carbons (Fsp3) is 0.300. The highest BCUT2D eigenvalue weighted by atomic mass is 79.9. The van der Waals surface area contributed by atoms with Crippen LogP contribution in [-0.4, -0.2) is 19.5 Å². The molecular weight excluding hydrogens is 270 g/mol. The van der Waals surface area contributed by atoms with Gasteiger partial charge in [0.15, 0.2) is 5.82 Å². The molecule has 0 saturated carbocycles. The monoisotopic (exact) mass is 281 g/mol. The summed E-state index contributed by atoms with van der Waals surface area (Å²) in [6.07, 6.45) is 5.15. The zero-order valence-corrected chi connectivity index (χ0v) is 10.6. The van der Waals surface area contributed by atoms with Crippen molar-refractivity contribution in [2.45, 2.75) is 19.9 Å². The first-order valence-corrected chi connectivity index (χ1v) is 5.69. The topological polar surface area (TPSA) is 69.6 Å². The molecule has 5 nitrogen and oxygen atoms in total. The zero-order chi connectivity index (χ0) is 11.7. The van der Waals surface area contributed by atoms with E-state index in [0.717, 1.165) is 5.69 Å². The van der Waals surface area contributed by atoms with Gasteiger partial charge in [0.05, 0.1) is 17.0 Å². The van der Waals surface area contributed by atoms with Crippen molar-refractivity contribution in [2.24, 2.45) is 0 Å². The molecule has 84 valence electrons. The standard InChI is InChI=1S/C10H12BrN5/c1-6(2)16-5-13-4-8(16)10-14-3-7(11)9(12)15-10/h3-6H,1-2H3,(H2,12,14,15). The molecule has 2 N–H and O–H groups in total. The Morgan fingerprint density at radius 1 is 1.38 bits per heavy atom. The minimum atomic E-state index is 0.311. The maximum absolute atomic E-state index is 5.73. The first kappa shape index (κ1) is 11.1. The maximum Gasteiger partial charge on any atom is 0.179 e. The van der Waals surface area contributed by atoms with Gasteiger partial charge >= 0.3 is 0 Å². The van der Waals surface area contributed by atoms with Gasteiger partial charge in [-0.3, -0.25) is 0 Å². The average molecular weight is 282 g/mol. The van der Waals surface area contributed by atoms with Crippen molar-refractivity contribution in [2.75, 3.05) is 5.73 Å². The third kappa shape index (κ3) is 1.92. The Morgan fingerprint density at radius 2 is 2.12 bits per heavy atom. The Morgan fingerprint density at radius 3 is 2.75 bits per heavy atom. The number of nitrogens with two attached hydrogens (primary N) is 1. The Kier molecular flexibility index (Phi) is 2.91. The van der Waals surface area contributed by atoms with Crippen LogP contribution in [-0.2, 0) is 0 Å². The number of imidazole rings is 1. The molecule has 2 aromatic heterocycles. The van der Waals surface area contributed by atoms with Crippen LogP contribution in [0.15, 0.2) is 23.2 Å². The number of nitrogen functional groups attached to an aromatic ring is 1. The highest BCUT2D eigenvalue weighted by Gasteiger charge is 2.11. The second kappa shape index (κ2) is 4.21. The van der Waals surface area contributed by atoms with Crippen molar-refractivity contribution in [3.63, 3.8) is 0 Å². The minimum Gasteiger partial charge on any atom is -0.383 e. The van der Waals surface area contributed by atoms with E-state index in [4.69, 9.17) is 5.73 Å². The summed E-state index contributed by atoms with van der Waals surface area (Å²) in [6, 6.07) is 0.311. The van der Waals surface area contributed by atoms with E-state index in [9.17, 15) is 0 Å². The van der Waals surface area contributed by atoms with Gasteiger partial charge in [0.1, 0.15) is 11.5 Å². The summed E-state index contributed by atoms with van der Waals surface area (Å²) in [4.78, 5) is 12.5. The average Bonchev–Trinajstić information content (AvgIpc) is 2.71. The summed E-state index contributed by atoms with van der Waals surface area (Å²) in [5, 5.41) is 0. The predicted molar refractivity (Wildman–Crippen MR) is 65.8 cm³/mol. The molecule has 0 saturated heterocycles. The van der Waals surface area contributed by atoms with Gasteiger partial charge in [0.2, 0.25) is 0 Å². The van der Waals surface area contributed by atoms with E-state index >= 15 is 0 Å². The van der Waals surface area contributed by atoms with Crippen LogP contribution in [0.4, 0.5) is 5.82 Å². The van der Waals surface area contributed by atoms with Crippen molar-refractivity contribution in [3.05, 3.63) is 23.2 Å². The largest absolute Gasteiger partial charge is 0.383 e. The summed E-state index contributed by atoms with van der Waals surface area (Å²) in [7, 11) is 0. The Balaban J connectivity index is 2.50. The lowest BCUT2D eigenvalue weighted by atomic mass is 10.3. The van der Waals surface area contributed by atoms with E-state index in [1.807, 2.05) is 4.57 Å². The number of hydrogen-bond donors (Lipinski definition) is 1. The first-order chi connectivity index (χ1) is 7.59. The Hall–Kier alpha value is -1.43. The van der Waals surface area contributed by atoms with Crippen molar-refractivity contribution in [1.29, 1.82) is 0 Å². The van der Waals surface area contributed by atoms with Crippen LogP contribution in [0, 0.1) is 0 Å². The van der Waals surface area contributed by atoms with Crippen LogP contribution in [0.1, 0.15) is 19.9 Å². The van der Waals surface area contributed by atoms with Crippen LogP contribution < -0.4 is 5.73 Å². The molecule has 0 aliphatic heterocycles. The van der Waals surface area contributed by atoms with Gasteiger partial charge in [-0.1, -0.05) is 0 Å². The van der Waals surface area contributed by atoms with Gasteiger partial charge in [-0.15, -0.1) is 0 Å². The second-order valence-electron chi connectivity index (χ2n) is 3.71. The zero-order valence-electron chi connectivity index (χ0n) is 9.05. The van der Waals surface area contributed by atoms with Crippen molar-refractivity contribution >= 4 is 21.7 Å². The van der Waals surface area contributed by atoms with E-state index in [2.05, 4.69) is 44.7 Å². The highest BCUT2D eigenvalue weighted by Crippen LogP contribution is 2.22. The number of anilines is 1. The molecule has 2 rings (SSSR count). The number of aromatic nitrogens is 4. The second-order valence-corrected chi connectivity index (χ2v) is 4.56. The van der Waals surface area contributed by atoms with Gasteiger partial charge in [0.25, 0.3) is 0 Å². The fourth-order valence-corrected chi connectivity index (χ4v) is 1.58. The van der Waals surface area contributed by atoms with E-state index in [0.29, 0.717) is 22.2 Å². The quantitative estimate of drug-likeness (QED) is 0.917. The van der Waals surface area contributed by atoms with Crippen molar-refractivity contribution in [3.8, 4) is 11.5 Å². The molecule has 2 aromatic rings. The molecule has 0 fully saturated rings. The first-order valence-electron chi connectivity index (χ1n) is 4.90. The summed E-state index contributed by atoms with van der Waals surface area (Å²) in [5.74, 6) is 1.02. The maximum atomic E-state index is 5.73. The summed E-state index contributed by atoms with van der Waals surface area (Å²) >= 11 is 3.27. The molecular formula is C10H12BrN5. The van der Waals surface area contributed by atoms with Crippen LogP contribution >= 0.6 is 15.9 Å². The molecule has 0 atom stereocenters. The molecule has 0 aliphatic rings. The molecule has 0 amide bonds. The van der Waals surface area contributed by atoms with Gasteiger partial charge in [0, 0.05) is 12.2 Å². The van der Waals surface area contributed by atoms with E-state index in [1.165, 1.54) is 0 Å². The van der Waals surface area contributed by atoms with Crippen LogP contribution in [0.25, 0.3) is 11.5 Å². The molecule has 0 aromatic carbocycles. The summed E-state index contributed by atoms with van der Waals surface area (Å²) < 4.78 is 2.70. The molecule has 16 heavy (non-hydrogen) atoms. The fourth-order valence-electron chi connectivity index (χ4n) is 1.39. The van der Waals surface area contributed by atoms with E-state index < -0.39 is 0 Å². The summed E-state index contributed by atoms with van der Waals surface area (Å²) in [5.41, 5.74) is 6.59. The number of rotatable bonds is 2. The lowest BCUT2D eigenvalue weighted by Crippen LogP contribution is -2.04. The predicted octanol–water partition coefficient (Wildman–Crippen LogP) is 2.27. The van der Waals surface area contributed by atoms with Crippen LogP contribution in [0.2, 0.25) is 0 Å². The number of halogens is 1. The molecule has 0 unspecified atom stereocenters. The highest BCUT2D eigenvalue weighted by molar-refractivity contribution is 9.10. The Labute approximate surface area is 102 Å².